The first-order valence-electron chi connectivity index (χ1n) is 8.86. The predicted molar refractivity (Wildman–Crippen MR) is 98.2 cm³/mol. The smallest absolute Gasteiger partial charge is 0.220 e. The number of oxazole rings is 1. The molecule has 0 aliphatic heterocycles. The Morgan fingerprint density at radius 1 is 1.28 bits per heavy atom. The SMILES string of the molecule is NCC1CCCCC1NC(=O)CCc1ncc(-c2ccc(Cl)cc2)o1. The molecule has 0 radical (unpaired) electrons. The van der Waals surface area contributed by atoms with E-state index >= 15 is 0 Å². The lowest BCUT2D eigenvalue weighted by molar-refractivity contribution is -0.122. The van der Waals surface area contributed by atoms with Gasteiger partial charge >= 0.3 is 0 Å². The van der Waals surface area contributed by atoms with Crippen LogP contribution in [-0.2, 0) is 11.2 Å². The molecule has 3 N–H and O–H groups in total. The zero-order valence-electron chi connectivity index (χ0n) is 14.2. The lowest BCUT2D eigenvalue weighted by atomic mass is 9.84. The predicted octanol–water partition coefficient (Wildman–Crippen LogP) is 3.56. The summed E-state index contributed by atoms with van der Waals surface area (Å²) in [5, 5.41) is 3.81. The molecule has 1 fully saturated rings. The number of aromatic nitrogens is 1. The summed E-state index contributed by atoms with van der Waals surface area (Å²) in [6, 6.07) is 7.60. The van der Waals surface area contributed by atoms with Crippen molar-refractivity contribution in [2.75, 3.05) is 6.54 Å². The topological polar surface area (TPSA) is 81.1 Å². The molecule has 0 spiro atoms. The summed E-state index contributed by atoms with van der Waals surface area (Å²) < 4.78 is 5.74. The molecule has 134 valence electrons. The summed E-state index contributed by atoms with van der Waals surface area (Å²) in [6.45, 7) is 0.634. The summed E-state index contributed by atoms with van der Waals surface area (Å²) in [6.07, 6.45) is 7.03. The Hall–Kier alpha value is -1.85. The maximum Gasteiger partial charge on any atom is 0.220 e. The van der Waals surface area contributed by atoms with Gasteiger partial charge < -0.3 is 15.5 Å². The summed E-state index contributed by atoms with van der Waals surface area (Å²) in [4.78, 5) is 16.5. The molecule has 6 heteroatoms. The first kappa shape index (κ1) is 18.0. The largest absolute Gasteiger partial charge is 0.441 e. The number of benzene rings is 1. The lowest BCUT2D eigenvalue weighted by Gasteiger charge is -2.31. The molecule has 1 aliphatic carbocycles. The van der Waals surface area contributed by atoms with Crippen molar-refractivity contribution in [3.63, 3.8) is 0 Å². The highest BCUT2D eigenvalue weighted by molar-refractivity contribution is 6.30. The van der Waals surface area contributed by atoms with Crippen LogP contribution in [0.3, 0.4) is 0 Å². The molecule has 1 amide bonds. The summed E-state index contributed by atoms with van der Waals surface area (Å²) in [7, 11) is 0. The zero-order chi connectivity index (χ0) is 17.6. The normalized spacial score (nSPS) is 20.4. The number of hydrogen-bond acceptors (Lipinski definition) is 4. The van der Waals surface area contributed by atoms with Crippen LogP contribution in [0.25, 0.3) is 11.3 Å². The second-order valence-electron chi connectivity index (χ2n) is 6.58. The number of hydrogen-bond donors (Lipinski definition) is 2. The van der Waals surface area contributed by atoms with Crippen molar-refractivity contribution in [3.8, 4) is 11.3 Å². The Labute approximate surface area is 153 Å². The van der Waals surface area contributed by atoms with E-state index in [0.717, 1.165) is 24.8 Å². The highest BCUT2D eigenvalue weighted by Crippen LogP contribution is 2.24. The maximum atomic E-state index is 12.2. The number of nitrogens with two attached hydrogens (primary N) is 1. The van der Waals surface area contributed by atoms with Gasteiger partial charge in [0.25, 0.3) is 0 Å². The number of aryl methyl sites for hydroxylation is 1. The monoisotopic (exact) mass is 361 g/mol. The zero-order valence-corrected chi connectivity index (χ0v) is 15.0. The minimum absolute atomic E-state index is 0.0385. The fourth-order valence-corrected chi connectivity index (χ4v) is 3.48. The van der Waals surface area contributed by atoms with Gasteiger partial charge in [-0.05, 0) is 49.6 Å². The van der Waals surface area contributed by atoms with Gasteiger partial charge in [0.2, 0.25) is 5.91 Å². The molecule has 2 aromatic rings. The maximum absolute atomic E-state index is 12.2. The van der Waals surface area contributed by atoms with E-state index < -0.39 is 0 Å². The lowest BCUT2D eigenvalue weighted by Crippen LogP contribution is -2.44. The molecule has 1 aromatic heterocycles. The highest BCUT2D eigenvalue weighted by atomic mass is 35.5. The van der Waals surface area contributed by atoms with Gasteiger partial charge in [-0.2, -0.15) is 0 Å². The van der Waals surface area contributed by atoms with Gasteiger partial charge in [0.1, 0.15) is 0 Å². The highest BCUT2D eigenvalue weighted by Gasteiger charge is 2.25. The summed E-state index contributed by atoms with van der Waals surface area (Å²) in [5.74, 6) is 1.69. The molecule has 0 bridgehead atoms. The summed E-state index contributed by atoms with van der Waals surface area (Å²) in [5.41, 5.74) is 6.73. The molecule has 5 nitrogen and oxygen atoms in total. The number of carbonyl (C=O) groups is 1. The van der Waals surface area contributed by atoms with Gasteiger partial charge in [0.05, 0.1) is 6.20 Å². The van der Waals surface area contributed by atoms with E-state index in [2.05, 4.69) is 10.3 Å². The van der Waals surface area contributed by atoms with E-state index in [4.69, 9.17) is 21.8 Å². The van der Waals surface area contributed by atoms with Crippen molar-refractivity contribution < 1.29 is 9.21 Å². The van der Waals surface area contributed by atoms with Crippen LogP contribution in [0.4, 0.5) is 0 Å². The Morgan fingerprint density at radius 3 is 2.80 bits per heavy atom. The van der Waals surface area contributed by atoms with E-state index in [1.165, 1.54) is 6.42 Å². The van der Waals surface area contributed by atoms with Crippen molar-refractivity contribution in [2.24, 2.45) is 11.7 Å². The molecular formula is C19H24ClN3O2. The number of nitrogens with zero attached hydrogens (tertiary/aromatic N) is 1. The Bertz CT molecular complexity index is 699. The van der Waals surface area contributed by atoms with Crippen molar-refractivity contribution in [3.05, 3.63) is 41.4 Å². The van der Waals surface area contributed by atoms with E-state index in [0.29, 0.717) is 42.0 Å². The van der Waals surface area contributed by atoms with Gasteiger partial charge in [-0.3, -0.25) is 4.79 Å². The number of halogens is 1. The van der Waals surface area contributed by atoms with Crippen molar-refractivity contribution >= 4 is 17.5 Å². The molecule has 1 aromatic carbocycles. The van der Waals surface area contributed by atoms with Gasteiger partial charge in [-0.1, -0.05) is 24.4 Å². The van der Waals surface area contributed by atoms with Gasteiger partial charge in [0, 0.05) is 29.5 Å². The number of carbonyl (C=O) groups excluding carboxylic acids is 1. The van der Waals surface area contributed by atoms with Crippen LogP contribution in [0.15, 0.2) is 34.9 Å². The quantitative estimate of drug-likeness (QED) is 0.824. The van der Waals surface area contributed by atoms with Crippen LogP contribution in [0.2, 0.25) is 5.02 Å². The molecule has 0 saturated heterocycles. The third kappa shape index (κ3) is 4.83. The molecule has 1 saturated carbocycles. The van der Waals surface area contributed by atoms with Crippen LogP contribution in [0, 0.1) is 5.92 Å². The van der Waals surface area contributed by atoms with E-state index in [1.54, 1.807) is 6.20 Å². The average molecular weight is 362 g/mol. The van der Waals surface area contributed by atoms with Gasteiger partial charge in [0.15, 0.2) is 11.7 Å². The first-order chi connectivity index (χ1) is 12.2. The van der Waals surface area contributed by atoms with E-state index in [-0.39, 0.29) is 11.9 Å². The number of nitrogens with one attached hydrogen (secondary N) is 1. The van der Waals surface area contributed by atoms with Gasteiger partial charge in [-0.15, -0.1) is 0 Å². The molecule has 3 rings (SSSR count). The van der Waals surface area contributed by atoms with Crippen molar-refractivity contribution in [2.45, 2.75) is 44.6 Å². The van der Waals surface area contributed by atoms with E-state index in [9.17, 15) is 4.79 Å². The number of amides is 1. The summed E-state index contributed by atoms with van der Waals surface area (Å²) >= 11 is 5.89. The third-order valence-corrected chi connectivity index (χ3v) is 5.06. The van der Waals surface area contributed by atoms with Crippen LogP contribution >= 0.6 is 11.6 Å². The molecule has 1 heterocycles. The first-order valence-corrected chi connectivity index (χ1v) is 9.23. The Kier molecular flexibility index (Phi) is 6.10. The fraction of sp³-hybridized carbons (Fsp3) is 0.474. The van der Waals surface area contributed by atoms with Crippen molar-refractivity contribution in [1.82, 2.24) is 10.3 Å². The van der Waals surface area contributed by atoms with Crippen molar-refractivity contribution in [1.29, 1.82) is 0 Å². The molecule has 2 atom stereocenters. The van der Waals surface area contributed by atoms with Crippen LogP contribution < -0.4 is 11.1 Å². The molecule has 25 heavy (non-hydrogen) atoms. The second-order valence-corrected chi connectivity index (χ2v) is 7.02. The standard InChI is InChI=1S/C19H24ClN3O2/c20-15-7-5-13(6-8-15)17-12-22-19(25-17)10-9-18(24)23-16-4-2-1-3-14(16)11-21/h5-8,12,14,16H,1-4,9-11,21H2,(H,23,24). The number of rotatable bonds is 6. The Morgan fingerprint density at radius 2 is 2.04 bits per heavy atom. The minimum Gasteiger partial charge on any atom is -0.441 e. The van der Waals surface area contributed by atoms with Crippen LogP contribution in [-0.4, -0.2) is 23.5 Å². The van der Waals surface area contributed by atoms with Crippen LogP contribution in [0.5, 0.6) is 0 Å². The van der Waals surface area contributed by atoms with Gasteiger partial charge in [-0.25, -0.2) is 4.98 Å². The third-order valence-electron chi connectivity index (χ3n) is 4.81. The average Bonchev–Trinajstić information content (AvgIpc) is 3.10. The second kappa shape index (κ2) is 8.50. The van der Waals surface area contributed by atoms with E-state index in [1.807, 2.05) is 24.3 Å². The molecule has 1 aliphatic rings. The minimum atomic E-state index is 0.0385. The molecule has 2 unspecified atom stereocenters. The fourth-order valence-electron chi connectivity index (χ4n) is 3.35. The van der Waals surface area contributed by atoms with Crippen LogP contribution in [0.1, 0.15) is 38.0 Å². The Balaban J connectivity index is 1.51. The molecular weight excluding hydrogens is 338 g/mol.